The summed E-state index contributed by atoms with van der Waals surface area (Å²) in [5.74, 6) is -7.48. The van der Waals surface area contributed by atoms with E-state index in [0.29, 0.717) is 27.0 Å². The van der Waals surface area contributed by atoms with Gasteiger partial charge < -0.3 is 4.74 Å². The highest BCUT2D eigenvalue weighted by Gasteiger charge is 2.77. The third-order valence-electron chi connectivity index (χ3n) is 8.81. The summed E-state index contributed by atoms with van der Waals surface area (Å²) >= 11 is 12.3. The van der Waals surface area contributed by atoms with Gasteiger partial charge >= 0.3 is 5.97 Å². The zero-order chi connectivity index (χ0) is 28.0. The summed E-state index contributed by atoms with van der Waals surface area (Å²) < 4.78 is 5.39. The molecule has 200 valence electrons. The smallest absolute Gasteiger partial charge is 0.334 e. The van der Waals surface area contributed by atoms with Gasteiger partial charge in [0.1, 0.15) is 0 Å². The highest BCUT2D eigenvalue weighted by atomic mass is 35.5. The number of rotatable bonds is 4. The quantitative estimate of drug-likeness (QED) is 0.400. The number of ether oxygens (including phenoxy) is 1. The minimum Gasteiger partial charge on any atom is -0.463 e. The second kappa shape index (κ2) is 8.76. The minimum atomic E-state index is -1.47. The normalized spacial score (nSPS) is 31.3. The maximum Gasteiger partial charge on any atom is 0.334 e. The van der Waals surface area contributed by atoms with Gasteiger partial charge in [-0.1, -0.05) is 47.8 Å². The monoisotopic (exact) mass is 566 g/mol. The van der Waals surface area contributed by atoms with Gasteiger partial charge in [-0.05, 0) is 50.2 Å². The third kappa shape index (κ3) is 3.28. The molecule has 39 heavy (non-hydrogen) atoms. The Hall–Kier alpha value is -3.49. The number of hydrogen-bond acceptors (Lipinski definition) is 6. The Morgan fingerprint density at radius 2 is 1.28 bits per heavy atom. The molecule has 0 N–H and O–H groups in total. The standard InChI is InChI=1S/C29H24Cl2N2O6/c1-4-39-28(38)21-13(2)18-19-22(26(36)32(24(19)34)16-9-5-7-14(30)11-16)29(21,3)23-20(18)25(35)33(27(23)37)17-10-6-8-15(31)12-17/h5-12,18-20,22-23H,4H2,1-3H3/t18?,19-,20-,22+,23+,29?/m0/s1. The predicted molar refractivity (Wildman–Crippen MR) is 143 cm³/mol. The van der Waals surface area contributed by atoms with Crippen LogP contribution in [0.5, 0.6) is 0 Å². The van der Waals surface area contributed by atoms with Crippen molar-refractivity contribution in [3.8, 4) is 0 Å². The molecular weight excluding hydrogens is 543 g/mol. The van der Waals surface area contributed by atoms with Crippen molar-refractivity contribution in [1.29, 1.82) is 0 Å². The van der Waals surface area contributed by atoms with Crippen LogP contribution in [0.1, 0.15) is 20.8 Å². The molecule has 4 atom stereocenters. The lowest BCUT2D eigenvalue weighted by Crippen LogP contribution is -2.61. The second-order valence-corrected chi connectivity index (χ2v) is 11.5. The predicted octanol–water partition coefficient (Wildman–Crippen LogP) is 4.43. The Bertz CT molecular complexity index is 1440. The summed E-state index contributed by atoms with van der Waals surface area (Å²) in [6, 6.07) is 12.8. The number of benzene rings is 2. The number of imide groups is 2. The van der Waals surface area contributed by atoms with E-state index in [9.17, 15) is 24.0 Å². The molecule has 8 nitrogen and oxygen atoms in total. The lowest BCUT2D eigenvalue weighted by molar-refractivity contribution is -0.155. The van der Waals surface area contributed by atoms with Crippen molar-refractivity contribution in [2.75, 3.05) is 16.4 Å². The molecule has 2 aromatic carbocycles. The van der Waals surface area contributed by atoms with Gasteiger partial charge in [0.2, 0.25) is 23.6 Å². The number of hydrogen-bond donors (Lipinski definition) is 0. The molecule has 0 unspecified atom stereocenters. The number of nitrogens with zero attached hydrogens (tertiary/aromatic N) is 2. The van der Waals surface area contributed by atoms with Crippen molar-refractivity contribution in [3.63, 3.8) is 0 Å². The first-order valence-corrected chi connectivity index (χ1v) is 13.4. The maximum absolute atomic E-state index is 14.1. The molecule has 2 saturated heterocycles. The van der Waals surface area contributed by atoms with Crippen LogP contribution >= 0.6 is 23.2 Å². The van der Waals surface area contributed by atoms with E-state index in [1.54, 1.807) is 57.2 Å². The van der Waals surface area contributed by atoms with Crippen LogP contribution in [-0.4, -0.2) is 36.2 Å². The number of allylic oxidation sites excluding steroid dienone is 1. The number of carbonyl (C=O) groups excluding carboxylic acids is 5. The first-order valence-electron chi connectivity index (χ1n) is 12.7. The zero-order valence-corrected chi connectivity index (χ0v) is 22.8. The van der Waals surface area contributed by atoms with Gasteiger partial charge in [0, 0.05) is 27.0 Å². The number of carbonyl (C=O) groups is 5. The van der Waals surface area contributed by atoms with Crippen LogP contribution in [0, 0.1) is 35.0 Å². The molecule has 2 aromatic rings. The van der Waals surface area contributed by atoms with Crippen molar-refractivity contribution < 1.29 is 28.7 Å². The average molecular weight is 567 g/mol. The molecule has 0 aromatic heterocycles. The van der Waals surface area contributed by atoms with Crippen LogP contribution in [0.3, 0.4) is 0 Å². The fraction of sp³-hybridized carbons (Fsp3) is 0.345. The minimum absolute atomic E-state index is 0.0849. The highest BCUT2D eigenvalue weighted by molar-refractivity contribution is 6.32. The Balaban J connectivity index is 1.55. The van der Waals surface area contributed by atoms with Crippen molar-refractivity contribution in [3.05, 3.63) is 69.7 Å². The molecule has 4 amide bonds. The lowest BCUT2D eigenvalue weighted by atomic mass is 9.43. The van der Waals surface area contributed by atoms with Crippen LogP contribution in [0.15, 0.2) is 59.7 Å². The van der Waals surface area contributed by atoms with Gasteiger partial charge in [0.25, 0.3) is 0 Å². The van der Waals surface area contributed by atoms with Crippen LogP contribution < -0.4 is 9.80 Å². The molecule has 2 bridgehead atoms. The fourth-order valence-corrected chi connectivity index (χ4v) is 7.92. The number of anilines is 2. The SMILES string of the molecule is CCOC(=O)C1=C(C)C2[C@@H]3C(=O)N(c4cccc(Cl)c4)C(=O)[C@@H]3C1(C)[C@H]1C(=O)N(c3cccc(Cl)c3)C(=O)[C@@H]21. The summed E-state index contributed by atoms with van der Waals surface area (Å²) in [5.41, 5.74) is -0.176. The molecule has 1 saturated carbocycles. The van der Waals surface area contributed by atoms with Crippen molar-refractivity contribution in [2.24, 2.45) is 35.0 Å². The van der Waals surface area contributed by atoms with E-state index in [1.165, 1.54) is 12.1 Å². The van der Waals surface area contributed by atoms with Gasteiger partial charge in [0.05, 0.1) is 41.7 Å². The number of halogens is 2. The van der Waals surface area contributed by atoms with Crippen LogP contribution in [0.4, 0.5) is 11.4 Å². The molecule has 0 radical (unpaired) electrons. The van der Waals surface area contributed by atoms with E-state index >= 15 is 0 Å². The van der Waals surface area contributed by atoms with Crippen LogP contribution in [0.2, 0.25) is 10.0 Å². The molecular formula is C29H24Cl2N2O6. The first-order chi connectivity index (χ1) is 18.5. The molecule has 2 aliphatic heterocycles. The average Bonchev–Trinajstić information content (AvgIpc) is 3.30. The molecule has 3 fully saturated rings. The van der Waals surface area contributed by atoms with Crippen LogP contribution in [-0.2, 0) is 28.7 Å². The Kier molecular flexibility index (Phi) is 5.79. The summed E-state index contributed by atoms with van der Waals surface area (Å²) in [4.78, 5) is 71.8. The van der Waals surface area contributed by atoms with E-state index in [1.807, 2.05) is 0 Å². The Morgan fingerprint density at radius 3 is 1.69 bits per heavy atom. The zero-order valence-electron chi connectivity index (χ0n) is 21.3. The van der Waals surface area contributed by atoms with Crippen molar-refractivity contribution in [2.45, 2.75) is 20.8 Å². The summed E-state index contributed by atoms with van der Waals surface area (Å²) in [5, 5.41) is 0.691. The van der Waals surface area contributed by atoms with E-state index in [4.69, 9.17) is 27.9 Å². The Labute approximate surface area is 234 Å². The highest BCUT2D eigenvalue weighted by Crippen LogP contribution is 2.68. The topological polar surface area (TPSA) is 101 Å². The van der Waals surface area contributed by atoms with Gasteiger partial charge in [0.15, 0.2) is 0 Å². The third-order valence-corrected chi connectivity index (χ3v) is 9.28. The van der Waals surface area contributed by atoms with Gasteiger partial charge in [-0.15, -0.1) is 0 Å². The fourth-order valence-electron chi connectivity index (χ4n) is 7.55. The molecule has 5 aliphatic rings. The summed E-state index contributed by atoms with van der Waals surface area (Å²) in [7, 11) is 0. The van der Waals surface area contributed by atoms with E-state index in [-0.39, 0.29) is 12.2 Å². The Morgan fingerprint density at radius 1 is 0.821 bits per heavy atom. The van der Waals surface area contributed by atoms with E-state index in [2.05, 4.69) is 0 Å². The van der Waals surface area contributed by atoms with E-state index < -0.39 is 64.6 Å². The van der Waals surface area contributed by atoms with Gasteiger partial charge in [-0.25, -0.2) is 14.6 Å². The van der Waals surface area contributed by atoms with Gasteiger partial charge in [-0.2, -0.15) is 0 Å². The number of esters is 1. The summed E-state index contributed by atoms with van der Waals surface area (Å²) in [6.45, 7) is 5.09. The van der Waals surface area contributed by atoms with Crippen molar-refractivity contribution in [1.82, 2.24) is 0 Å². The first kappa shape index (κ1) is 25.8. The molecule has 0 spiro atoms. The largest absolute Gasteiger partial charge is 0.463 e. The lowest BCUT2D eigenvalue weighted by Gasteiger charge is -2.55. The van der Waals surface area contributed by atoms with Crippen molar-refractivity contribution >= 4 is 64.2 Å². The van der Waals surface area contributed by atoms with Crippen LogP contribution in [0.25, 0.3) is 0 Å². The molecule has 2 heterocycles. The molecule has 3 aliphatic carbocycles. The summed E-state index contributed by atoms with van der Waals surface area (Å²) in [6.07, 6.45) is 0. The molecule has 10 heteroatoms. The van der Waals surface area contributed by atoms with Gasteiger partial charge in [-0.3, -0.25) is 19.2 Å². The van der Waals surface area contributed by atoms with E-state index in [0.717, 1.165) is 9.80 Å². The second-order valence-electron chi connectivity index (χ2n) is 10.6. The number of amides is 4. The maximum atomic E-state index is 14.1. The molecule has 7 rings (SSSR count).